The van der Waals surface area contributed by atoms with Crippen molar-refractivity contribution in [1.29, 1.82) is 0 Å². The minimum absolute atomic E-state index is 0.0613. The van der Waals surface area contributed by atoms with Gasteiger partial charge in [-0.1, -0.05) is 13.0 Å². The van der Waals surface area contributed by atoms with Gasteiger partial charge >= 0.3 is 0 Å². The topological polar surface area (TPSA) is 67.2 Å². The zero-order valence-corrected chi connectivity index (χ0v) is 17.2. The summed E-state index contributed by atoms with van der Waals surface area (Å²) in [5.41, 5.74) is 3.70. The van der Waals surface area contributed by atoms with Crippen LogP contribution in [-0.4, -0.2) is 56.7 Å². The Morgan fingerprint density at radius 2 is 1.86 bits per heavy atom. The predicted molar refractivity (Wildman–Crippen MR) is 113 cm³/mol. The molecule has 1 aromatic carbocycles. The van der Waals surface area contributed by atoms with E-state index in [1.54, 1.807) is 10.9 Å². The lowest BCUT2D eigenvalue weighted by molar-refractivity contribution is 0.0746. The number of hydrogen-bond acceptors (Lipinski definition) is 5. The molecule has 1 fully saturated rings. The average Bonchev–Trinajstić information content (AvgIpc) is 3.28. The van der Waals surface area contributed by atoms with Gasteiger partial charge in [-0.15, -0.1) is 0 Å². The number of aromatic nitrogens is 4. The summed E-state index contributed by atoms with van der Waals surface area (Å²) in [6.45, 7) is 8.97. The largest absolute Gasteiger partial charge is 0.353 e. The van der Waals surface area contributed by atoms with Crippen LogP contribution in [0.5, 0.6) is 0 Å². The number of amides is 1. The Hall–Kier alpha value is -3.22. The highest BCUT2D eigenvalue weighted by Gasteiger charge is 2.24. The SMILES string of the molecule is CCc1nc(C)cc(N2CCN(C(=O)c3ccc(C)c(-n4cccn4)c3)CC2)n1. The van der Waals surface area contributed by atoms with Gasteiger partial charge in [0.15, 0.2) is 0 Å². The highest BCUT2D eigenvalue weighted by Crippen LogP contribution is 2.19. The normalized spacial score (nSPS) is 14.3. The van der Waals surface area contributed by atoms with Crippen molar-refractivity contribution < 1.29 is 4.79 Å². The molecule has 0 atom stereocenters. The molecule has 0 saturated carbocycles. The van der Waals surface area contributed by atoms with E-state index in [1.165, 1.54) is 0 Å². The van der Waals surface area contributed by atoms with E-state index in [1.807, 2.05) is 55.3 Å². The Kier molecular flexibility index (Phi) is 5.29. The van der Waals surface area contributed by atoms with Crippen molar-refractivity contribution in [2.24, 2.45) is 0 Å². The van der Waals surface area contributed by atoms with Gasteiger partial charge in [-0.05, 0) is 37.6 Å². The molecule has 1 amide bonds. The number of hydrogen-bond donors (Lipinski definition) is 0. The maximum absolute atomic E-state index is 13.1. The zero-order valence-electron chi connectivity index (χ0n) is 17.2. The second-order valence-electron chi connectivity index (χ2n) is 7.37. The third kappa shape index (κ3) is 3.99. The molecule has 2 aromatic heterocycles. The van der Waals surface area contributed by atoms with Gasteiger partial charge in [-0.25, -0.2) is 14.6 Å². The second-order valence-corrected chi connectivity index (χ2v) is 7.37. The summed E-state index contributed by atoms with van der Waals surface area (Å²) in [4.78, 5) is 26.4. The van der Waals surface area contributed by atoms with Crippen LogP contribution >= 0.6 is 0 Å². The number of aryl methyl sites for hydroxylation is 3. The van der Waals surface area contributed by atoms with Crippen LogP contribution in [0.1, 0.15) is 34.4 Å². The Labute approximate surface area is 171 Å². The molecule has 1 saturated heterocycles. The van der Waals surface area contributed by atoms with Crippen LogP contribution in [-0.2, 0) is 6.42 Å². The van der Waals surface area contributed by atoms with Gasteiger partial charge in [0.1, 0.15) is 11.6 Å². The molecule has 1 aliphatic heterocycles. The molecule has 29 heavy (non-hydrogen) atoms. The summed E-state index contributed by atoms with van der Waals surface area (Å²) in [6.07, 6.45) is 4.45. The van der Waals surface area contributed by atoms with Crippen molar-refractivity contribution in [1.82, 2.24) is 24.6 Å². The number of anilines is 1. The van der Waals surface area contributed by atoms with E-state index in [-0.39, 0.29) is 5.91 Å². The highest BCUT2D eigenvalue weighted by atomic mass is 16.2. The van der Waals surface area contributed by atoms with Gasteiger partial charge in [-0.2, -0.15) is 5.10 Å². The molecular weight excluding hydrogens is 364 g/mol. The molecule has 0 N–H and O–H groups in total. The van der Waals surface area contributed by atoms with Crippen LogP contribution in [0.3, 0.4) is 0 Å². The lowest BCUT2D eigenvalue weighted by atomic mass is 10.1. The lowest BCUT2D eigenvalue weighted by Crippen LogP contribution is -2.49. The van der Waals surface area contributed by atoms with Gasteiger partial charge in [0.05, 0.1) is 5.69 Å². The predicted octanol–water partition coefficient (Wildman–Crippen LogP) is 2.80. The maximum Gasteiger partial charge on any atom is 0.254 e. The molecule has 150 valence electrons. The summed E-state index contributed by atoms with van der Waals surface area (Å²) >= 11 is 0. The van der Waals surface area contributed by atoms with Gasteiger partial charge in [-0.3, -0.25) is 4.79 Å². The number of rotatable bonds is 4. The van der Waals surface area contributed by atoms with Crippen molar-refractivity contribution in [3.63, 3.8) is 0 Å². The monoisotopic (exact) mass is 390 g/mol. The fourth-order valence-corrected chi connectivity index (χ4v) is 3.65. The standard InChI is InChI=1S/C22H26N6O/c1-4-20-24-17(3)14-21(25-20)26-10-12-27(13-11-26)22(29)18-7-6-16(2)19(15-18)28-9-5-8-23-28/h5-9,14-15H,4,10-13H2,1-3H3. The van der Waals surface area contributed by atoms with Crippen molar-refractivity contribution in [2.45, 2.75) is 27.2 Å². The van der Waals surface area contributed by atoms with Crippen molar-refractivity contribution >= 4 is 11.7 Å². The molecule has 0 unspecified atom stereocenters. The van der Waals surface area contributed by atoms with Crippen LogP contribution < -0.4 is 4.90 Å². The van der Waals surface area contributed by atoms with E-state index in [9.17, 15) is 4.79 Å². The van der Waals surface area contributed by atoms with Crippen molar-refractivity contribution in [3.05, 3.63) is 65.4 Å². The minimum atomic E-state index is 0.0613. The van der Waals surface area contributed by atoms with Gasteiger partial charge in [0, 0.05) is 62.3 Å². The molecule has 0 radical (unpaired) electrons. The molecule has 7 nitrogen and oxygen atoms in total. The van der Waals surface area contributed by atoms with Crippen molar-refractivity contribution in [3.8, 4) is 5.69 Å². The molecule has 7 heteroatoms. The maximum atomic E-state index is 13.1. The summed E-state index contributed by atoms with van der Waals surface area (Å²) < 4.78 is 1.80. The first kappa shape index (κ1) is 19.1. The summed E-state index contributed by atoms with van der Waals surface area (Å²) in [5.74, 6) is 1.88. The van der Waals surface area contributed by atoms with Crippen molar-refractivity contribution in [2.75, 3.05) is 31.1 Å². The number of nitrogens with zero attached hydrogens (tertiary/aromatic N) is 6. The Morgan fingerprint density at radius 1 is 1.07 bits per heavy atom. The van der Waals surface area contributed by atoms with E-state index in [4.69, 9.17) is 0 Å². The zero-order chi connectivity index (χ0) is 20.4. The van der Waals surface area contributed by atoms with Crippen LogP contribution in [0.2, 0.25) is 0 Å². The first-order valence-electron chi connectivity index (χ1n) is 10.0. The van der Waals surface area contributed by atoms with E-state index in [0.29, 0.717) is 18.7 Å². The summed E-state index contributed by atoms with van der Waals surface area (Å²) in [5, 5.41) is 4.30. The van der Waals surface area contributed by atoms with Crippen LogP contribution in [0.25, 0.3) is 5.69 Å². The van der Waals surface area contributed by atoms with E-state index in [2.05, 4.69) is 26.9 Å². The molecule has 0 spiro atoms. The quantitative estimate of drug-likeness (QED) is 0.685. The first-order chi connectivity index (χ1) is 14.0. The highest BCUT2D eigenvalue weighted by molar-refractivity contribution is 5.95. The van der Waals surface area contributed by atoms with Gasteiger partial charge in [0.2, 0.25) is 0 Å². The molecule has 3 heterocycles. The van der Waals surface area contributed by atoms with E-state index < -0.39 is 0 Å². The average molecular weight is 390 g/mol. The van der Waals surface area contributed by atoms with Gasteiger partial charge < -0.3 is 9.80 Å². The fourth-order valence-electron chi connectivity index (χ4n) is 3.65. The second kappa shape index (κ2) is 8.03. The lowest BCUT2D eigenvalue weighted by Gasteiger charge is -2.35. The first-order valence-corrected chi connectivity index (χ1v) is 10.0. The van der Waals surface area contributed by atoms with Crippen LogP contribution in [0, 0.1) is 13.8 Å². The van der Waals surface area contributed by atoms with Crippen LogP contribution in [0.15, 0.2) is 42.7 Å². The number of piperazine rings is 1. The minimum Gasteiger partial charge on any atom is -0.353 e. The molecule has 1 aliphatic rings. The van der Waals surface area contributed by atoms with Crippen LogP contribution in [0.4, 0.5) is 5.82 Å². The fraction of sp³-hybridized carbons (Fsp3) is 0.364. The summed E-state index contributed by atoms with van der Waals surface area (Å²) in [7, 11) is 0. The van der Waals surface area contributed by atoms with E-state index >= 15 is 0 Å². The number of carbonyl (C=O) groups excluding carboxylic acids is 1. The molecule has 3 aromatic rings. The molecular formula is C22H26N6O. The third-order valence-electron chi connectivity index (χ3n) is 5.30. The summed E-state index contributed by atoms with van der Waals surface area (Å²) in [6, 6.07) is 9.71. The van der Waals surface area contributed by atoms with E-state index in [0.717, 1.165) is 48.1 Å². The number of benzene rings is 1. The molecule has 0 bridgehead atoms. The Morgan fingerprint density at radius 3 is 2.55 bits per heavy atom. The Balaban J connectivity index is 1.47. The van der Waals surface area contributed by atoms with Gasteiger partial charge in [0.25, 0.3) is 5.91 Å². The smallest absolute Gasteiger partial charge is 0.254 e. The third-order valence-corrected chi connectivity index (χ3v) is 5.30. The molecule has 0 aliphatic carbocycles. The Bertz CT molecular complexity index is 1010. The number of carbonyl (C=O) groups is 1. The molecule has 4 rings (SSSR count).